The number of anilines is 1. The zero-order chi connectivity index (χ0) is 20.4. The first-order valence-corrected chi connectivity index (χ1v) is 9.95. The number of benzene rings is 2. The second-order valence-corrected chi connectivity index (χ2v) is 7.84. The summed E-state index contributed by atoms with van der Waals surface area (Å²) in [4.78, 5) is 37.7. The lowest BCUT2D eigenvalue weighted by Crippen LogP contribution is -2.44. The van der Waals surface area contributed by atoms with Crippen molar-refractivity contribution in [3.63, 3.8) is 0 Å². The number of rotatable bonds is 4. The van der Waals surface area contributed by atoms with Crippen LogP contribution in [0.5, 0.6) is 0 Å². The zero-order valence-corrected chi connectivity index (χ0v) is 16.7. The Morgan fingerprint density at radius 2 is 1.86 bits per heavy atom. The zero-order valence-electron chi connectivity index (χ0n) is 15.9. The SMILES string of the molecule is Cc1ccc(NC(=O)C2CSCN2C(=O)c2ccc([N+](=O)[O-])cc2C)cc1C. The molecule has 1 saturated heterocycles. The molecule has 8 heteroatoms. The largest absolute Gasteiger partial charge is 0.324 e. The van der Waals surface area contributed by atoms with E-state index in [9.17, 15) is 19.7 Å². The predicted molar refractivity (Wildman–Crippen MR) is 110 cm³/mol. The maximum Gasteiger partial charge on any atom is 0.269 e. The number of aryl methyl sites for hydroxylation is 3. The van der Waals surface area contributed by atoms with Crippen LogP contribution in [0.15, 0.2) is 36.4 Å². The summed E-state index contributed by atoms with van der Waals surface area (Å²) >= 11 is 1.51. The van der Waals surface area contributed by atoms with Gasteiger partial charge < -0.3 is 10.2 Å². The first kappa shape index (κ1) is 19.9. The van der Waals surface area contributed by atoms with E-state index in [1.807, 2.05) is 32.0 Å². The van der Waals surface area contributed by atoms with E-state index in [4.69, 9.17) is 0 Å². The van der Waals surface area contributed by atoms with E-state index in [1.54, 1.807) is 6.92 Å². The molecule has 1 heterocycles. The lowest BCUT2D eigenvalue weighted by atomic mass is 10.1. The number of thioether (sulfide) groups is 1. The van der Waals surface area contributed by atoms with Gasteiger partial charge in [0.2, 0.25) is 5.91 Å². The molecule has 0 saturated carbocycles. The number of non-ortho nitro benzene ring substituents is 1. The molecule has 0 spiro atoms. The predicted octanol–water partition coefficient (Wildman–Crippen LogP) is 3.67. The molecule has 2 aromatic rings. The smallest absolute Gasteiger partial charge is 0.269 e. The molecule has 0 aromatic heterocycles. The van der Waals surface area contributed by atoms with Gasteiger partial charge >= 0.3 is 0 Å². The third-order valence-electron chi connectivity index (χ3n) is 4.87. The number of hydrogen-bond acceptors (Lipinski definition) is 5. The summed E-state index contributed by atoms with van der Waals surface area (Å²) in [6.07, 6.45) is 0. The second kappa shape index (κ2) is 8.02. The quantitative estimate of drug-likeness (QED) is 0.625. The number of nitrogens with one attached hydrogen (secondary N) is 1. The number of nitro benzene ring substituents is 1. The van der Waals surface area contributed by atoms with Gasteiger partial charge in [-0.25, -0.2) is 0 Å². The molecule has 1 N–H and O–H groups in total. The van der Waals surface area contributed by atoms with Gasteiger partial charge in [-0.3, -0.25) is 19.7 Å². The van der Waals surface area contributed by atoms with Crippen LogP contribution in [0.25, 0.3) is 0 Å². The summed E-state index contributed by atoms with van der Waals surface area (Å²) < 4.78 is 0. The summed E-state index contributed by atoms with van der Waals surface area (Å²) in [7, 11) is 0. The molecule has 2 amide bonds. The summed E-state index contributed by atoms with van der Waals surface area (Å²) in [6.45, 7) is 5.64. The first-order valence-electron chi connectivity index (χ1n) is 8.80. The fourth-order valence-electron chi connectivity index (χ4n) is 3.06. The second-order valence-electron chi connectivity index (χ2n) is 6.84. The van der Waals surface area contributed by atoms with Gasteiger partial charge in [0, 0.05) is 29.1 Å². The van der Waals surface area contributed by atoms with Crippen molar-refractivity contribution in [3.05, 3.63) is 68.8 Å². The van der Waals surface area contributed by atoms with Gasteiger partial charge in [0.05, 0.1) is 10.8 Å². The molecule has 146 valence electrons. The van der Waals surface area contributed by atoms with Gasteiger partial charge in [0.1, 0.15) is 6.04 Å². The monoisotopic (exact) mass is 399 g/mol. The van der Waals surface area contributed by atoms with Crippen molar-refractivity contribution in [1.29, 1.82) is 0 Å². The highest BCUT2D eigenvalue weighted by Gasteiger charge is 2.35. The van der Waals surface area contributed by atoms with Crippen LogP contribution in [-0.2, 0) is 4.79 Å². The van der Waals surface area contributed by atoms with Crippen LogP contribution in [0.2, 0.25) is 0 Å². The molecule has 1 fully saturated rings. The Labute approximate surface area is 167 Å². The van der Waals surface area contributed by atoms with E-state index in [-0.39, 0.29) is 17.5 Å². The third kappa shape index (κ3) is 4.01. The summed E-state index contributed by atoms with van der Waals surface area (Å²) in [5, 5.41) is 13.8. The molecular weight excluding hydrogens is 378 g/mol. The van der Waals surface area contributed by atoms with Crippen LogP contribution in [0.4, 0.5) is 11.4 Å². The molecule has 2 aromatic carbocycles. The Morgan fingerprint density at radius 1 is 1.11 bits per heavy atom. The summed E-state index contributed by atoms with van der Waals surface area (Å²) in [5.74, 6) is 0.383. The van der Waals surface area contributed by atoms with Gasteiger partial charge in [-0.1, -0.05) is 6.07 Å². The molecule has 1 atom stereocenters. The van der Waals surface area contributed by atoms with E-state index in [0.717, 1.165) is 11.1 Å². The van der Waals surface area contributed by atoms with Crippen molar-refractivity contribution in [1.82, 2.24) is 4.90 Å². The highest BCUT2D eigenvalue weighted by atomic mass is 32.2. The van der Waals surface area contributed by atoms with Crippen molar-refractivity contribution in [2.75, 3.05) is 16.9 Å². The lowest BCUT2D eigenvalue weighted by molar-refractivity contribution is -0.384. The first-order chi connectivity index (χ1) is 13.3. The summed E-state index contributed by atoms with van der Waals surface area (Å²) in [5.41, 5.74) is 3.74. The Balaban J connectivity index is 1.78. The molecule has 7 nitrogen and oxygen atoms in total. The van der Waals surface area contributed by atoms with E-state index in [0.29, 0.717) is 28.4 Å². The minimum atomic E-state index is -0.589. The van der Waals surface area contributed by atoms with Crippen molar-refractivity contribution in [3.8, 4) is 0 Å². The molecule has 3 rings (SSSR count). The average molecular weight is 399 g/mol. The summed E-state index contributed by atoms with van der Waals surface area (Å²) in [6, 6.07) is 9.24. The fraction of sp³-hybridized carbons (Fsp3) is 0.300. The minimum Gasteiger partial charge on any atom is -0.324 e. The van der Waals surface area contributed by atoms with Crippen LogP contribution in [-0.4, -0.2) is 39.3 Å². The van der Waals surface area contributed by atoms with Gasteiger partial charge in [0.25, 0.3) is 11.6 Å². The highest BCUT2D eigenvalue weighted by Crippen LogP contribution is 2.27. The fourth-order valence-corrected chi connectivity index (χ4v) is 4.21. The number of carbonyl (C=O) groups excluding carboxylic acids is 2. The topological polar surface area (TPSA) is 92.6 Å². The Morgan fingerprint density at radius 3 is 2.50 bits per heavy atom. The Bertz CT molecular complexity index is 960. The van der Waals surface area contributed by atoms with Crippen LogP contribution in [0.3, 0.4) is 0 Å². The molecule has 0 aliphatic carbocycles. The van der Waals surface area contributed by atoms with Gasteiger partial charge in [-0.15, -0.1) is 11.8 Å². The number of nitro groups is 1. The van der Waals surface area contributed by atoms with Crippen molar-refractivity contribution >= 4 is 35.0 Å². The Hall–Kier alpha value is -2.87. The highest BCUT2D eigenvalue weighted by molar-refractivity contribution is 7.99. The lowest BCUT2D eigenvalue weighted by Gasteiger charge is -2.24. The van der Waals surface area contributed by atoms with E-state index in [1.165, 1.54) is 34.9 Å². The van der Waals surface area contributed by atoms with Gasteiger partial charge in [-0.2, -0.15) is 0 Å². The molecule has 1 aliphatic rings. The van der Waals surface area contributed by atoms with Crippen LogP contribution < -0.4 is 5.32 Å². The van der Waals surface area contributed by atoms with E-state index >= 15 is 0 Å². The third-order valence-corrected chi connectivity index (χ3v) is 5.88. The number of nitrogens with zero attached hydrogens (tertiary/aromatic N) is 2. The minimum absolute atomic E-state index is 0.0612. The van der Waals surface area contributed by atoms with Crippen LogP contribution >= 0.6 is 11.8 Å². The molecule has 28 heavy (non-hydrogen) atoms. The number of hydrogen-bond donors (Lipinski definition) is 1. The molecular formula is C20H21N3O4S. The average Bonchev–Trinajstić information content (AvgIpc) is 3.14. The molecule has 1 unspecified atom stereocenters. The molecule has 0 radical (unpaired) electrons. The number of amides is 2. The Kier molecular flexibility index (Phi) is 5.69. The van der Waals surface area contributed by atoms with E-state index in [2.05, 4.69) is 5.32 Å². The van der Waals surface area contributed by atoms with Crippen molar-refractivity contribution in [2.24, 2.45) is 0 Å². The van der Waals surface area contributed by atoms with Gasteiger partial charge in [-0.05, 0) is 55.7 Å². The number of carbonyl (C=O) groups is 2. The van der Waals surface area contributed by atoms with Gasteiger partial charge in [0.15, 0.2) is 0 Å². The molecule has 0 bridgehead atoms. The standard InChI is InChI=1S/C20H21N3O4S/c1-12-4-5-15(8-13(12)2)21-19(24)18-10-28-11-22(18)20(25)17-7-6-16(23(26)27)9-14(17)3/h4-9,18H,10-11H2,1-3H3,(H,21,24). The van der Waals surface area contributed by atoms with E-state index < -0.39 is 11.0 Å². The normalized spacial score (nSPS) is 16.1. The van der Waals surface area contributed by atoms with Crippen LogP contribution in [0.1, 0.15) is 27.0 Å². The van der Waals surface area contributed by atoms with Crippen molar-refractivity contribution in [2.45, 2.75) is 26.8 Å². The maximum atomic E-state index is 13.0. The molecule has 1 aliphatic heterocycles. The van der Waals surface area contributed by atoms with Crippen molar-refractivity contribution < 1.29 is 14.5 Å². The maximum absolute atomic E-state index is 13.0. The van der Waals surface area contributed by atoms with Crippen LogP contribution in [0, 0.1) is 30.9 Å².